The average Bonchev–Trinajstić information content (AvgIpc) is 3.56. The van der Waals surface area contributed by atoms with Crippen LogP contribution in [0.2, 0.25) is 0 Å². The number of aliphatic hydroxyl groups is 1. The number of aliphatic imine (C=N–C) groups is 1. The number of carbonyl (C=O) groups is 1. The van der Waals surface area contributed by atoms with Gasteiger partial charge >= 0.3 is 0 Å². The lowest BCUT2D eigenvalue weighted by atomic mass is 9.82. The average molecular weight is 735 g/mol. The molecule has 2 atom stereocenters. The molecule has 5 aromatic carbocycles. The third-order valence-corrected chi connectivity index (χ3v) is 9.53. The fraction of sp³-hybridized carbons (Fsp3) is 0.220. The molecule has 8 nitrogen and oxygen atoms in total. The lowest BCUT2D eigenvalue weighted by molar-refractivity contribution is -0.130. The molecule has 0 aliphatic carbocycles. The number of aliphatic hydroxyl groups excluding tert-OH is 1. The second-order valence-electron chi connectivity index (χ2n) is 12.0. The molecule has 0 bridgehead atoms. The van der Waals surface area contributed by atoms with Gasteiger partial charge in [0.25, 0.3) is 5.91 Å². The molecule has 0 fully saturated rings. The first-order chi connectivity index (χ1) is 24.5. The van der Waals surface area contributed by atoms with E-state index >= 15 is 0 Å². The Bertz CT molecular complexity index is 1850. The first-order valence-electron chi connectivity index (χ1n) is 16.6. The molecule has 256 valence electrons. The van der Waals surface area contributed by atoms with Gasteiger partial charge in [-0.25, -0.2) is 10.4 Å². The van der Waals surface area contributed by atoms with Crippen molar-refractivity contribution in [1.29, 1.82) is 0 Å². The Balaban J connectivity index is 1.37. The molecule has 1 aliphatic heterocycles. The zero-order valence-electron chi connectivity index (χ0n) is 27.8. The Hall–Kier alpha value is -4.96. The summed E-state index contributed by atoms with van der Waals surface area (Å²) in [6.07, 6.45) is -0.00459. The van der Waals surface area contributed by atoms with Gasteiger partial charge in [-0.3, -0.25) is 10.2 Å². The van der Waals surface area contributed by atoms with Crippen LogP contribution in [0.3, 0.4) is 0 Å². The highest BCUT2D eigenvalue weighted by atomic mass is 79.9. The smallest absolute Gasteiger partial charge is 0.266 e. The maximum Gasteiger partial charge on any atom is 0.266 e. The number of benzene rings is 5. The maximum absolute atomic E-state index is 14.8. The Morgan fingerprint density at radius 3 is 2.22 bits per heavy atom. The van der Waals surface area contributed by atoms with Crippen LogP contribution in [0.15, 0.2) is 143 Å². The van der Waals surface area contributed by atoms with Crippen LogP contribution in [0.25, 0.3) is 0 Å². The quantitative estimate of drug-likeness (QED) is 0.0780. The molecule has 0 radical (unpaired) electrons. The van der Waals surface area contributed by atoms with Crippen molar-refractivity contribution in [3.8, 4) is 11.5 Å². The monoisotopic (exact) mass is 733 g/mol. The summed E-state index contributed by atoms with van der Waals surface area (Å²) in [4.78, 5) is 20.0. The first-order valence-corrected chi connectivity index (χ1v) is 17.4. The lowest BCUT2D eigenvalue weighted by Gasteiger charge is -2.31. The Kier molecular flexibility index (Phi) is 11.6. The van der Waals surface area contributed by atoms with E-state index in [4.69, 9.17) is 24.3 Å². The Labute approximate surface area is 301 Å². The van der Waals surface area contributed by atoms with Crippen molar-refractivity contribution in [2.45, 2.75) is 30.4 Å². The van der Waals surface area contributed by atoms with E-state index in [1.807, 2.05) is 109 Å². The predicted molar refractivity (Wildman–Crippen MR) is 198 cm³/mol. The number of nitrogens with zero attached hydrogens (tertiary/aromatic N) is 1. The third-order valence-electron chi connectivity index (χ3n) is 8.76. The highest BCUT2D eigenvalue weighted by molar-refractivity contribution is 9.10. The molecular formula is C41H40BrN3O5. The van der Waals surface area contributed by atoms with Crippen LogP contribution in [0, 0.1) is 0 Å². The summed E-state index contributed by atoms with van der Waals surface area (Å²) < 4.78 is 18.9. The second kappa shape index (κ2) is 16.6. The largest absolute Gasteiger partial charge is 0.497 e. The molecule has 0 spiro atoms. The molecule has 1 heterocycles. The van der Waals surface area contributed by atoms with Crippen molar-refractivity contribution in [1.82, 2.24) is 10.9 Å². The van der Waals surface area contributed by atoms with Crippen molar-refractivity contribution >= 4 is 27.7 Å². The number of halogens is 1. The first kappa shape index (κ1) is 34.9. The molecule has 1 aliphatic rings. The molecule has 0 saturated carbocycles. The van der Waals surface area contributed by atoms with Gasteiger partial charge in [0.1, 0.15) is 11.5 Å². The minimum absolute atomic E-state index is 0.0110. The van der Waals surface area contributed by atoms with Crippen LogP contribution < -0.4 is 20.3 Å². The SMILES string of the molecule is COc1cccc([C@@H]2OC(c3ccc(OCCCO)cc3)=N[C@]2(Cc2ccccc2Br)C(=O)NNCC(c2ccccc2)c2ccccc2)c1. The standard InChI is InChI=1S/C41H40BrN3O5/c1-48-35-18-10-17-32(26-35)38-41(27-33-16-8-9-19-37(33)42,44-39(50-38)31-20-22-34(23-21-31)49-25-11-24-46)40(47)45-43-28-36(29-12-4-2-5-13-29)30-14-6-3-7-15-30/h2-10,12-23,26,36,38,43,46H,11,24-25,27-28H2,1H3,(H,45,47)/t38-,41-/m0/s1. The Morgan fingerprint density at radius 2 is 1.56 bits per heavy atom. The fourth-order valence-corrected chi connectivity index (χ4v) is 6.58. The number of hydrazine groups is 1. The summed E-state index contributed by atoms with van der Waals surface area (Å²) in [5.41, 5.74) is 9.53. The summed E-state index contributed by atoms with van der Waals surface area (Å²) >= 11 is 3.71. The van der Waals surface area contributed by atoms with E-state index in [0.29, 0.717) is 42.5 Å². The zero-order valence-corrected chi connectivity index (χ0v) is 29.4. The van der Waals surface area contributed by atoms with Crippen LogP contribution >= 0.6 is 15.9 Å². The number of amides is 1. The van der Waals surface area contributed by atoms with E-state index in [-0.39, 0.29) is 24.9 Å². The number of methoxy groups -OCH3 is 1. The van der Waals surface area contributed by atoms with Crippen molar-refractivity contribution in [2.24, 2.45) is 4.99 Å². The number of rotatable bonds is 15. The van der Waals surface area contributed by atoms with Crippen molar-refractivity contribution < 1.29 is 24.1 Å². The lowest BCUT2D eigenvalue weighted by Crippen LogP contribution is -2.54. The predicted octanol–water partition coefficient (Wildman–Crippen LogP) is 7.17. The zero-order chi connectivity index (χ0) is 34.8. The van der Waals surface area contributed by atoms with Gasteiger partial charge in [-0.15, -0.1) is 0 Å². The van der Waals surface area contributed by atoms with Gasteiger partial charge in [0, 0.05) is 41.9 Å². The number of nitrogens with one attached hydrogen (secondary N) is 2. The van der Waals surface area contributed by atoms with Crippen LogP contribution in [-0.2, 0) is 16.0 Å². The molecule has 3 N–H and O–H groups in total. The van der Waals surface area contributed by atoms with Crippen LogP contribution in [0.4, 0.5) is 0 Å². The number of hydrogen-bond acceptors (Lipinski definition) is 7. The molecule has 0 unspecified atom stereocenters. The van der Waals surface area contributed by atoms with E-state index in [0.717, 1.165) is 26.7 Å². The summed E-state index contributed by atoms with van der Waals surface area (Å²) in [5.74, 6) is 1.31. The van der Waals surface area contributed by atoms with Gasteiger partial charge in [0.2, 0.25) is 5.90 Å². The molecule has 0 aromatic heterocycles. The molecule has 9 heteroatoms. The van der Waals surface area contributed by atoms with Gasteiger partial charge in [0.05, 0.1) is 13.7 Å². The second-order valence-corrected chi connectivity index (χ2v) is 12.9. The highest BCUT2D eigenvalue weighted by Gasteiger charge is 2.53. The summed E-state index contributed by atoms with van der Waals surface area (Å²) in [6.45, 7) is 0.914. The van der Waals surface area contributed by atoms with Crippen LogP contribution in [0.1, 0.15) is 46.3 Å². The van der Waals surface area contributed by atoms with Crippen LogP contribution in [-0.4, -0.2) is 49.3 Å². The van der Waals surface area contributed by atoms with E-state index < -0.39 is 11.6 Å². The molecule has 50 heavy (non-hydrogen) atoms. The van der Waals surface area contributed by atoms with Gasteiger partial charge < -0.3 is 19.3 Å². The number of hydrogen-bond donors (Lipinski definition) is 3. The van der Waals surface area contributed by atoms with Gasteiger partial charge in [-0.1, -0.05) is 107 Å². The molecule has 1 amide bonds. The maximum atomic E-state index is 14.8. The van der Waals surface area contributed by atoms with Crippen molar-refractivity contribution in [2.75, 3.05) is 26.9 Å². The van der Waals surface area contributed by atoms with Crippen molar-refractivity contribution in [3.05, 3.63) is 166 Å². The normalized spacial score (nSPS) is 16.8. The topological polar surface area (TPSA) is 101 Å². The fourth-order valence-electron chi connectivity index (χ4n) is 6.16. The van der Waals surface area contributed by atoms with Crippen molar-refractivity contribution in [3.63, 3.8) is 0 Å². The van der Waals surface area contributed by atoms with Crippen LogP contribution in [0.5, 0.6) is 11.5 Å². The molecule has 6 rings (SSSR count). The number of ether oxygens (including phenoxy) is 3. The number of carbonyl (C=O) groups excluding carboxylic acids is 1. The van der Waals surface area contributed by atoms with E-state index in [1.54, 1.807) is 7.11 Å². The Morgan fingerprint density at radius 1 is 0.880 bits per heavy atom. The summed E-state index contributed by atoms with van der Waals surface area (Å²) in [7, 11) is 1.61. The van der Waals surface area contributed by atoms with E-state index in [2.05, 4.69) is 51.0 Å². The van der Waals surface area contributed by atoms with Gasteiger partial charge in [0.15, 0.2) is 11.6 Å². The minimum Gasteiger partial charge on any atom is -0.497 e. The summed E-state index contributed by atoms with van der Waals surface area (Å²) in [6, 6.07) is 43.3. The molecular weight excluding hydrogens is 694 g/mol. The van der Waals surface area contributed by atoms with Gasteiger partial charge in [-0.05, 0) is 64.7 Å². The molecule has 0 saturated heterocycles. The molecule has 5 aromatic rings. The summed E-state index contributed by atoms with van der Waals surface area (Å²) in [5, 5.41) is 9.13. The van der Waals surface area contributed by atoms with Gasteiger partial charge in [-0.2, -0.15) is 0 Å². The highest BCUT2D eigenvalue weighted by Crippen LogP contribution is 2.44. The van der Waals surface area contributed by atoms with E-state index in [1.165, 1.54) is 0 Å². The minimum atomic E-state index is -1.41. The third kappa shape index (κ3) is 8.08. The van der Waals surface area contributed by atoms with E-state index in [9.17, 15) is 4.79 Å².